The summed E-state index contributed by atoms with van der Waals surface area (Å²) in [5.74, 6) is 0.0633. The summed E-state index contributed by atoms with van der Waals surface area (Å²) in [6.07, 6.45) is 2.90. The number of nitrogens with one attached hydrogen (secondary N) is 1. The third-order valence-corrected chi connectivity index (χ3v) is 5.64. The zero-order valence-electron chi connectivity index (χ0n) is 17.1. The first-order chi connectivity index (χ1) is 13.9. The van der Waals surface area contributed by atoms with E-state index < -0.39 is 0 Å². The highest BCUT2D eigenvalue weighted by atomic mass is 16.2. The van der Waals surface area contributed by atoms with E-state index in [4.69, 9.17) is 0 Å². The number of hydrogen-bond acceptors (Lipinski definition) is 3. The Morgan fingerprint density at radius 2 is 1.48 bits per heavy atom. The molecule has 1 aliphatic carbocycles. The van der Waals surface area contributed by atoms with Gasteiger partial charge in [0, 0.05) is 36.7 Å². The Morgan fingerprint density at radius 1 is 0.897 bits per heavy atom. The maximum Gasteiger partial charge on any atom is 0.227 e. The van der Waals surface area contributed by atoms with Crippen LogP contribution >= 0.6 is 0 Å². The van der Waals surface area contributed by atoms with E-state index in [9.17, 15) is 14.4 Å². The molecule has 0 heterocycles. The molecule has 0 radical (unpaired) electrons. The molecule has 0 aromatic heterocycles. The van der Waals surface area contributed by atoms with Crippen molar-refractivity contribution in [2.75, 3.05) is 12.4 Å². The first kappa shape index (κ1) is 20.8. The molecule has 1 aliphatic rings. The number of benzene rings is 2. The summed E-state index contributed by atoms with van der Waals surface area (Å²) in [5, 5.41) is 2.93. The highest BCUT2D eigenvalue weighted by Crippen LogP contribution is 2.31. The molecule has 1 saturated carbocycles. The molecule has 5 heteroatoms. The maximum absolute atomic E-state index is 12.8. The topological polar surface area (TPSA) is 66.5 Å². The van der Waals surface area contributed by atoms with Crippen LogP contribution in [-0.4, -0.2) is 29.5 Å². The fourth-order valence-corrected chi connectivity index (χ4v) is 3.88. The lowest BCUT2D eigenvalue weighted by Gasteiger charge is -2.30. The minimum absolute atomic E-state index is 0.00287. The quantitative estimate of drug-likeness (QED) is 0.746. The molecule has 0 bridgehead atoms. The number of nitrogens with zero attached hydrogens (tertiary/aromatic N) is 1. The fraction of sp³-hybridized carbons (Fsp3) is 0.375. The average Bonchev–Trinajstić information content (AvgIpc) is 2.74. The number of rotatable bonds is 6. The largest absolute Gasteiger partial charge is 0.341 e. The smallest absolute Gasteiger partial charge is 0.227 e. The fourth-order valence-electron chi connectivity index (χ4n) is 3.88. The summed E-state index contributed by atoms with van der Waals surface area (Å²) in [4.78, 5) is 38.5. The second-order valence-corrected chi connectivity index (χ2v) is 7.85. The van der Waals surface area contributed by atoms with E-state index in [0.717, 1.165) is 18.4 Å². The first-order valence-electron chi connectivity index (χ1n) is 10.1. The number of Topliss-reactive ketones (excluding diaryl/α,β-unsaturated/α-hetero) is 1. The standard InChI is InChI=1S/C24H28N2O3/c1-17(27)19-12-14-22(15-13-19)25-23(28)20-8-10-21(11-9-20)24(29)26(2)16-18-6-4-3-5-7-18/h3-7,12-15,20-21H,8-11,16H2,1-2H3,(H,25,28). The summed E-state index contributed by atoms with van der Waals surface area (Å²) >= 11 is 0. The van der Waals surface area contributed by atoms with Gasteiger partial charge in [-0.15, -0.1) is 0 Å². The van der Waals surface area contributed by atoms with Gasteiger partial charge in [0.1, 0.15) is 0 Å². The predicted octanol–water partition coefficient (Wildman–Crippen LogP) is 4.29. The number of ketones is 1. The summed E-state index contributed by atoms with van der Waals surface area (Å²) < 4.78 is 0. The van der Waals surface area contributed by atoms with Crippen LogP contribution in [0.1, 0.15) is 48.5 Å². The van der Waals surface area contributed by atoms with E-state index in [-0.39, 0.29) is 29.4 Å². The normalized spacial score (nSPS) is 18.7. The van der Waals surface area contributed by atoms with Crippen molar-refractivity contribution in [2.24, 2.45) is 11.8 Å². The molecule has 0 aliphatic heterocycles. The van der Waals surface area contributed by atoms with Crippen LogP contribution in [0.4, 0.5) is 5.69 Å². The molecule has 0 unspecified atom stereocenters. The van der Waals surface area contributed by atoms with Crippen molar-refractivity contribution in [3.05, 3.63) is 65.7 Å². The zero-order chi connectivity index (χ0) is 20.8. The van der Waals surface area contributed by atoms with Crippen LogP contribution in [-0.2, 0) is 16.1 Å². The lowest BCUT2D eigenvalue weighted by Crippen LogP contribution is -2.36. The average molecular weight is 392 g/mol. The van der Waals surface area contributed by atoms with Crippen LogP contribution in [0.5, 0.6) is 0 Å². The SMILES string of the molecule is CC(=O)c1ccc(NC(=O)C2CCC(C(=O)N(C)Cc3ccccc3)CC2)cc1. The monoisotopic (exact) mass is 392 g/mol. The Balaban J connectivity index is 1.48. The van der Waals surface area contributed by atoms with E-state index in [1.807, 2.05) is 37.4 Å². The Labute approximate surface area is 172 Å². The van der Waals surface area contributed by atoms with E-state index in [2.05, 4.69) is 5.32 Å². The molecule has 2 amide bonds. The highest BCUT2D eigenvalue weighted by molar-refractivity contribution is 5.96. The van der Waals surface area contributed by atoms with Crippen LogP contribution in [0.3, 0.4) is 0 Å². The third-order valence-electron chi connectivity index (χ3n) is 5.64. The van der Waals surface area contributed by atoms with Gasteiger partial charge >= 0.3 is 0 Å². The van der Waals surface area contributed by atoms with Crippen LogP contribution in [0.15, 0.2) is 54.6 Å². The van der Waals surface area contributed by atoms with E-state index in [0.29, 0.717) is 30.6 Å². The second kappa shape index (κ2) is 9.50. The lowest BCUT2D eigenvalue weighted by molar-refractivity contribution is -0.137. The number of carbonyl (C=O) groups is 3. The van der Waals surface area contributed by atoms with Gasteiger partial charge in [-0.2, -0.15) is 0 Å². The molecule has 1 fully saturated rings. The summed E-state index contributed by atoms with van der Waals surface area (Å²) in [5.41, 5.74) is 2.44. The Morgan fingerprint density at radius 3 is 2.07 bits per heavy atom. The molecule has 152 valence electrons. The van der Waals surface area contributed by atoms with Crippen molar-refractivity contribution in [1.82, 2.24) is 4.90 Å². The molecular weight excluding hydrogens is 364 g/mol. The van der Waals surface area contributed by atoms with Gasteiger partial charge in [0.15, 0.2) is 5.78 Å². The van der Waals surface area contributed by atoms with Crippen LogP contribution in [0.25, 0.3) is 0 Å². The van der Waals surface area contributed by atoms with E-state index >= 15 is 0 Å². The molecule has 2 aromatic carbocycles. The van der Waals surface area contributed by atoms with Crippen LogP contribution in [0.2, 0.25) is 0 Å². The number of hydrogen-bond donors (Lipinski definition) is 1. The molecule has 0 saturated heterocycles. The number of anilines is 1. The van der Waals surface area contributed by atoms with Crippen molar-refractivity contribution >= 4 is 23.3 Å². The molecule has 0 atom stereocenters. The minimum atomic E-state index is -0.0778. The molecular formula is C24H28N2O3. The van der Waals surface area contributed by atoms with Gasteiger partial charge in [0.2, 0.25) is 11.8 Å². The summed E-state index contributed by atoms with van der Waals surface area (Å²) in [6, 6.07) is 16.9. The molecule has 29 heavy (non-hydrogen) atoms. The Hall–Kier alpha value is -2.95. The lowest BCUT2D eigenvalue weighted by atomic mass is 9.81. The van der Waals surface area contributed by atoms with Gasteiger partial charge in [-0.05, 0) is 62.4 Å². The van der Waals surface area contributed by atoms with Gasteiger partial charge in [-0.3, -0.25) is 14.4 Å². The Kier molecular flexibility index (Phi) is 6.81. The van der Waals surface area contributed by atoms with Crippen molar-refractivity contribution < 1.29 is 14.4 Å². The predicted molar refractivity (Wildman–Crippen MR) is 113 cm³/mol. The number of carbonyl (C=O) groups excluding carboxylic acids is 3. The third kappa shape index (κ3) is 5.53. The maximum atomic E-state index is 12.8. The van der Waals surface area contributed by atoms with Crippen molar-refractivity contribution in [1.29, 1.82) is 0 Å². The summed E-state index contributed by atoms with van der Waals surface area (Å²) in [7, 11) is 1.85. The molecule has 5 nitrogen and oxygen atoms in total. The van der Waals surface area contributed by atoms with Gasteiger partial charge in [-0.1, -0.05) is 30.3 Å². The minimum Gasteiger partial charge on any atom is -0.341 e. The Bertz CT molecular complexity index is 853. The van der Waals surface area contributed by atoms with Crippen LogP contribution in [0, 0.1) is 11.8 Å². The van der Waals surface area contributed by atoms with Crippen molar-refractivity contribution in [2.45, 2.75) is 39.2 Å². The van der Waals surface area contributed by atoms with Crippen molar-refractivity contribution in [3.63, 3.8) is 0 Å². The number of amides is 2. The van der Waals surface area contributed by atoms with Gasteiger partial charge in [0.25, 0.3) is 0 Å². The van der Waals surface area contributed by atoms with Crippen LogP contribution < -0.4 is 5.32 Å². The van der Waals surface area contributed by atoms with E-state index in [1.165, 1.54) is 6.92 Å². The van der Waals surface area contributed by atoms with E-state index in [1.54, 1.807) is 29.2 Å². The molecule has 1 N–H and O–H groups in total. The first-order valence-corrected chi connectivity index (χ1v) is 10.1. The second-order valence-electron chi connectivity index (χ2n) is 7.85. The molecule has 0 spiro atoms. The highest BCUT2D eigenvalue weighted by Gasteiger charge is 2.31. The zero-order valence-corrected chi connectivity index (χ0v) is 17.1. The van der Waals surface area contributed by atoms with Crippen molar-refractivity contribution in [3.8, 4) is 0 Å². The molecule has 2 aromatic rings. The van der Waals surface area contributed by atoms with Gasteiger partial charge in [-0.25, -0.2) is 0 Å². The summed E-state index contributed by atoms with van der Waals surface area (Å²) in [6.45, 7) is 2.13. The van der Waals surface area contributed by atoms with Gasteiger partial charge < -0.3 is 10.2 Å². The molecule has 3 rings (SSSR count). The van der Waals surface area contributed by atoms with Gasteiger partial charge in [0.05, 0.1) is 0 Å².